The molecule has 0 radical (unpaired) electrons. The van der Waals surface area contributed by atoms with Crippen molar-refractivity contribution in [3.8, 4) is 11.3 Å². The van der Waals surface area contributed by atoms with Gasteiger partial charge in [0.1, 0.15) is 17.2 Å². The maximum Gasteiger partial charge on any atom is 0.139 e. The molecule has 0 aliphatic carbocycles. The third-order valence-electron chi connectivity index (χ3n) is 3.11. The Bertz CT molecular complexity index is 793. The van der Waals surface area contributed by atoms with Crippen LogP contribution in [0.1, 0.15) is 13.8 Å². The third kappa shape index (κ3) is 2.85. The van der Waals surface area contributed by atoms with Gasteiger partial charge in [0.15, 0.2) is 0 Å². The molecular weight excluding hydrogens is 305 g/mol. The van der Waals surface area contributed by atoms with Gasteiger partial charge in [-0.05, 0) is 38.1 Å². The van der Waals surface area contributed by atoms with Gasteiger partial charge in [-0.1, -0.05) is 35.3 Å². The number of hydrogen-bond donors (Lipinski definition) is 1. The molecule has 0 aliphatic heterocycles. The first kappa shape index (κ1) is 14.2. The highest BCUT2D eigenvalue weighted by Crippen LogP contribution is 2.31. The van der Waals surface area contributed by atoms with E-state index < -0.39 is 0 Å². The van der Waals surface area contributed by atoms with Crippen molar-refractivity contribution in [1.82, 2.24) is 9.38 Å². The second kappa shape index (κ2) is 5.58. The number of imidazole rings is 1. The number of nitrogens with one attached hydrogen (secondary N) is 1. The Morgan fingerprint density at radius 2 is 1.90 bits per heavy atom. The van der Waals surface area contributed by atoms with Gasteiger partial charge in [0, 0.05) is 22.8 Å². The van der Waals surface area contributed by atoms with E-state index >= 15 is 0 Å². The number of anilines is 1. The van der Waals surface area contributed by atoms with Crippen molar-refractivity contribution in [2.45, 2.75) is 19.9 Å². The fourth-order valence-corrected chi connectivity index (χ4v) is 2.62. The van der Waals surface area contributed by atoms with Gasteiger partial charge >= 0.3 is 0 Å². The maximum absolute atomic E-state index is 6.11. The topological polar surface area (TPSA) is 29.3 Å². The van der Waals surface area contributed by atoms with E-state index in [1.807, 2.05) is 47.0 Å². The normalized spacial score (nSPS) is 11.3. The van der Waals surface area contributed by atoms with Gasteiger partial charge in [-0.15, -0.1) is 0 Å². The van der Waals surface area contributed by atoms with Gasteiger partial charge in [-0.25, -0.2) is 4.98 Å². The van der Waals surface area contributed by atoms with Gasteiger partial charge in [0.2, 0.25) is 0 Å². The summed E-state index contributed by atoms with van der Waals surface area (Å²) in [7, 11) is 0. The van der Waals surface area contributed by atoms with Crippen LogP contribution in [0.5, 0.6) is 0 Å². The molecule has 0 fully saturated rings. The molecule has 0 saturated heterocycles. The molecule has 0 unspecified atom stereocenters. The van der Waals surface area contributed by atoms with E-state index in [1.165, 1.54) is 0 Å². The van der Waals surface area contributed by atoms with Gasteiger partial charge in [0.25, 0.3) is 0 Å². The fourth-order valence-electron chi connectivity index (χ4n) is 2.27. The largest absolute Gasteiger partial charge is 0.367 e. The molecule has 0 spiro atoms. The minimum absolute atomic E-state index is 0.279. The predicted molar refractivity (Wildman–Crippen MR) is 89.4 cm³/mol. The molecule has 0 bridgehead atoms. The average molecular weight is 320 g/mol. The molecule has 1 N–H and O–H groups in total. The number of benzene rings is 1. The summed E-state index contributed by atoms with van der Waals surface area (Å²) in [6, 6.07) is 11.7. The number of nitrogens with zero attached hydrogens (tertiary/aromatic N) is 2. The van der Waals surface area contributed by atoms with Crippen LogP contribution < -0.4 is 5.32 Å². The second-order valence-corrected chi connectivity index (χ2v) is 6.07. The fraction of sp³-hybridized carbons (Fsp3) is 0.188. The molecule has 2 heterocycles. The SMILES string of the molecule is CC(C)Nc1c(-c2cccc(Cl)c2)nc2ccc(Cl)cn12. The van der Waals surface area contributed by atoms with E-state index in [9.17, 15) is 0 Å². The molecule has 3 nitrogen and oxygen atoms in total. The summed E-state index contributed by atoms with van der Waals surface area (Å²) in [6.07, 6.45) is 1.86. The molecule has 0 amide bonds. The first-order valence-corrected chi connectivity index (χ1v) is 7.50. The van der Waals surface area contributed by atoms with Crippen LogP contribution >= 0.6 is 23.2 Å². The van der Waals surface area contributed by atoms with Crippen LogP contribution in [-0.2, 0) is 0 Å². The zero-order valence-electron chi connectivity index (χ0n) is 11.8. The summed E-state index contributed by atoms with van der Waals surface area (Å²) in [4.78, 5) is 4.70. The first-order chi connectivity index (χ1) is 10.0. The number of halogens is 2. The summed E-state index contributed by atoms with van der Waals surface area (Å²) >= 11 is 12.2. The van der Waals surface area contributed by atoms with Crippen molar-refractivity contribution < 1.29 is 0 Å². The quantitative estimate of drug-likeness (QED) is 0.725. The number of pyridine rings is 1. The number of fused-ring (bicyclic) bond motifs is 1. The summed E-state index contributed by atoms with van der Waals surface area (Å²) in [6.45, 7) is 4.18. The molecule has 3 aromatic rings. The first-order valence-electron chi connectivity index (χ1n) is 6.74. The van der Waals surface area contributed by atoms with Gasteiger partial charge < -0.3 is 5.32 Å². The van der Waals surface area contributed by atoms with Crippen molar-refractivity contribution in [2.24, 2.45) is 0 Å². The third-order valence-corrected chi connectivity index (χ3v) is 3.56. The highest BCUT2D eigenvalue weighted by atomic mass is 35.5. The summed E-state index contributed by atoms with van der Waals surface area (Å²) < 4.78 is 1.97. The molecule has 5 heteroatoms. The lowest BCUT2D eigenvalue weighted by Gasteiger charge is -2.12. The number of rotatable bonds is 3. The van der Waals surface area contributed by atoms with Gasteiger partial charge in [-0.3, -0.25) is 4.40 Å². The average Bonchev–Trinajstić information content (AvgIpc) is 2.76. The van der Waals surface area contributed by atoms with E-state index in [4.69, 9.17) is 28.2 Å². The minimum Gasteiger partial charge on any atom is -0.367 e. The Balaban J connectivity index is 2.25. The Hall–Kier alpha value is -1.71. The molecule has 21 heavy (non-hydrogen) atoms. The van der Waals surface area contributed by atoms with Crippen LogP contribution in [0.25, 0.3) is 16.9 Å². The van der Waals surface area contributed by atoms with E-state index in [1.54, 1.807) is 0 Å². The Morgan fingerprint density at radius 1 is 1.10 bits per heavy atom. The zero-order chi connectivity index (χ0) is 15.0. The van der Waals surface area contributed by atoms with Crippen LogP contribution in [0.15, 0.2) is 42.6 Å². The van der Waals surface area contributed by atoms with Gasteiger partial charge in [-0.2, -0.15) is 0 Å². The molecule has 3 rings (SSSR count). The molecule has 0 aliphatic rings. The zero-order valence-corrected chi connectivity index (χ0v) is 13.3. The lowest BCUT2D eigenvalue weighted by atomic mass is 10.1. The smallest absolute Gasteiger partial charge is 0.139 e. The highest BCUT2D eigenvalue weighted by molar-refractivity contribution is 6.31. The van der Waals surface area contributed by atoms with Crippen LogP contribution in [-0.4, -0.2) is 15.4 Å². The van der Waals surface area contributed by atoms with Crippen LogP contribution in [0.2, 0.25) is 10.0 Å². The van der Waals surface area contributed by atoms with Gasteiger partial charge in [0.05, 0.1) is 5.02 Å². The number of hydrogen-bond acceptors (Lipinski definition) is 2. The lowest BCUT2D eigenvalue weighted by molar-refractivity contribution is 0.885. The van der Waals surface area contributed by atoms with Crippen LogP contribution in [0, 0.1) is 0 Å². The number of aromatic nitrogens is 2. The molecule has 0 atom stereocenters. The highest BCUT2D eigenvalue weighted by Gasteiger charge is 2.15. The summed E-state index contributed by atoms with van der Waals surface area (Å²) in [5, 5.41) is 4.80. The molecular formula is C16H15Cl2N3. The van der Waals surface area contributed by atoms with Crippen molar-refractivity contribution in [3.63, 3.8) is 0 Å². The molecule has 2 aromatic heterocycles. The Labute approximate surface area is 133 Å². The van der Waals surface area contributed by atoms with Crippen molar-refractivity contribution in [1.29, 1.82) is 0 Å². The summed E-state index contributed by atoms with van der Waals surface area (Å²) in [5.41, 5.74) is 2.69. The predicted octanol–water partition coefficient (Wildman–Crippen LogP) is 5.13. The van der Waals surface area contributed by atoms with Crippen LogP contribution in [0.3, 0.4) is 0 Å². The monoisotopic (exact) mass is 319 g/mol. The molecule has 0 saturated carbocycles. The van der Waals surface area contributed by atoms with Crippen molar-refractivity contribution in [3.05, 3.63) is 52.6 Å². The Kier molecular flexibility index (Phi) is 3.79. The van der Waals surface area contributed by atoms with Crippen molar-refractivity contribution in [2.75, 3.05) is 5.32 Å². The molecule has 108 valence electrons. The lowest BCUT2D eigenvalue weighted by Crippen LogP contribution is -2.12. The van der Waals surface area contributed by atoms with Crippen molar-refractivity contribution >= 4 is 34.7 Å². The standard InChI is InChI=1S/C16H15Cl2N3/c1-10(2)19-16-15(11-4-3-5-12(17)8-11)20-14-7-6-13(18)9-21(14)16/h3-10,19H,1-2H3. The summed E-state index contributed by atoms with van der Waals surface area (Å²) in [5.74, 6) is 0.921. The Morgan fingerprint density at radius 3 is 2.62 bits per heavy atom. The molecule has 1 aromatic carbocycles. The van der Waals surface area contributed by atoms with E-state index in [2.05, 4.69) is 19.2 Å². The van der Waals surface area contributed by atoms with E-state index in [0.717, 1.165) is 22.7 Å². The maximum atomic E-state index is 6.11. The van der Waals surface area contributed by atoms with Crippen LogP contribution in [0.4, 0.5) is 5.82 Å². The second-order valence-electron chi connectivity index (χ2n) is 5.19. The van der Waals surface area contributed by atoms with E-state index in [0.29, 0.717) is 10.0 Å². The minimum atomic E-state index is 0.279. The van der Waals surface area contributed by atoms with E-state index in [-0.39, 0.29) is 6.04 Å².